The topological polar surface area (TPSA) is 67.4 Å². The molecule has 2 N–H and O–H groups in total. The maximum absolute atomic E-state index is 12.4. The molecule has 1 fully saturated rings. The van der Waals surface area contributed by atoms with Crippen molar-refractivity contribution < 1.29 is 13.2 Å². The number of rotatable bonds is 6. The highest BCUT2D eigenvalue weighted by Crippen LogP contribution is 2.32. The van der Waals surface area contributed by atoms with E-state index in [2.05, 4.69) is 26.0 Å². The van der Waals surface area contributed by atoms with E-state index in [9.17, 15) is 8.42 Å². The molecule has 1 aromatic rings. The van der Waals surface area contributed by atoms with E-state index in [1.807, 2.05) is 14.0 Å². The number of sulfonamides is 1. The van der Waals surface area contributed by atoms with Crippen LogP contribution in [0.3, 0.4) is 0 Å². The molecule has 1 saturated heterocycles. The molecule has 1 unspecified atom stereocenters. The normalized spacial score (nSPS) is 23.4. The minimum atomic E-state index is -3.51. The highest BCUT2D eigenvalue weighted by molar-refractivity contribution is 9.11. The van der Waals surface area contributed by atoms with E-state index in [0.29, 0.717) is 28.4 Å². The Morgan fingerprint density at radius 1 is 1.55 bits per heavy atom. The van der Waals surface area contributed by atoms with Crippen molar-refractivity contribution in [1.82, 2.24) is 10.0 Å². The molecule has 1 atom stereocenters. The third-order valence-corrected chi connectivity index (χ3v) is 6.94. The van der Waals surface area contributed by atoms with Crippen molar-refractivity contribution in [2.24, 2.45) is 0 Å². The van der Waals surface area contributed by atoms with Crippen LogP contribution in [0.4, 0.5) is 0 Å². The molecule has 1 aliphatic rings. The molecule has 0 radical (unpaired) electrons. The zero-order chi connectivity index (χ0) is 14.8. The molecule has 114 valence electrons. The number of ether oxygens (including phenoxy) is 1. The van der Waals surface area contributed by atoms with Gasteiger partial charge in [-0.1, -0.05) is 0 Å². The van der Waals surface area contributed by atoms with Gasteiger partial charge in [0.1, 0.15) is 4.90 Å². The lowest BCUT2D eigenvalue weighted by atomic mass is 10.0. The quantitative estimate of drug-likeness (QED) is 0.790. The van der Waals surface area contributed by atoms with Crippen molar-refractivity contribution in [3.05, 3.63) is 14.7 Å². The summed E-state index contributed by atoms with van der Waals surface area (Å²) < 4.78 is 33.6. The summed E-state index contributed by atoms with van der Waals surface area (Å²) in [7, 11) is -1.68. The lowest BCUT2D eigenvalue weighted by molar-refractivity contribution is 0.0250. The highest BCUT2D eigenvalue weighted by Gasteiger charge is 2.32. The molecule has 8 heteroatoms. The Kier molecular flexibility index (Phi) is 5.25. The van der Waals surface area contributed by atoms with Gasteiger partial charge in [0.2, 0.25) is 10.0 Å². The average Bonchev–Trinajstić information content (AvgIpc) is 2.96. The maximum atomic E-state index is 12.4. The molecule has 0 spiro atoms. The monoisotopic (exact) mass is 382 g/mol. The Morgan fingerprint density at radius 2 is 2.30 bits per heavy atom. The van der Waals surface area contributed by atoms with Crippen molar-refractivity contribution in [2.75, 3.05) is 20.2 Å². The number of hydrogen-bond acceptors (Lipinski definition) is 5. The Hall–Kier alpha value is 0.01000. The second-order valence-electron chi connectivity index (χ2n) is 5.11. The van der Waals surface area contributed by atoms with E-state index in [-0.39, 0.29) is 5.60 Å². The summed E-state index contributed by atoms with van der Waals surface area (Å²) in [4.78, 5) is 1.28. The summed E-state index contributed by atoms with van der Waals surface area (Å²) in [5.74, 6) is 0. The zero-order valence-electron chi connectivity index (χ0n) is 11.5. The standard InChI is InChI=1S/C12H19BrN2O3S2/c1-12(4-3-5-18-12)8-15-20(16,17)10-6-9(7-14-2)19-11(10)13/h6,14-15H,3-5,7-8H2,1-2H3. The molecule has 0 saturated carbocycles. The summed E-state index contributed by atoms with van der Waals surface area (Å²) in [6.45, 7) is 3.60. The lowest BCUT2D eigenvalue weighted by Gasteiger charge is -2.23. The van der Waals surface area contributed by atoms with Crippen LogP contribution < -0.4 is 10.0 Å². The van der Waals surface area contributed by atoms with E-state index in [0.717, 1.165) is 17.7 Å². The fourth-order valence-electron chi connectivity index (χ4n) is 2.14. The molecule has 0 amide bonds. The Balaban J connectivity index is 2.09. The van der Waals surface area contributed by atoms with Crippen molar-refractivity contribution in [1.29, 1.82) is 0 Å². The van der Waals surface area contributed by atoms with Crippen LogP contribution in [-0.2, 0) is 21.3 Å². The fourth-order valence-corrected chi connectivity index (χ4v) is 5.99. The molecule has 0 bridgehead atoms. The largest absolute Gasteiger partial charge is 0.374 e. The van der Waals surface area contributed by atoms with Gasteiger partial charge in [0.25, 0.3) is 0 Å². The Morgan fingerprint density at radius 3 is 2.90 bits per heavy atom. The van der Waals surface area contributed by atoms with E-state index >= 15 is 0 Å². The summed E-state index contributed by atoms with van der Waals surface area (Å²) >= 11 is 4.76. The first-order valence-electron chi connectivity index (χ1n) is 6.43. The number of nitrogens with one attached hydrogen (secondary N) is 2. The van der Waals surface area contributed by atoms with Gasteiger partial charge in [0.05, 0.1) is 9.39 Å². The molecular formula is C12H19BrN2O3S2. The number of hydrogen-bond donors (Lipinski definition) is 2. The van der Waals surface area contributed by atoms with Gasteiger partial charge < -0.3 is 10.1 Å². The molecule has 0 aliphatic carbocycles. The van der Waals surface area contributed by atoms with Crippen LogP contribution in [0.5, 0.6) is 0 Å². The summed E-state index contributed by atoms with van der Waals surface area (Å²) in [5, 5.41) is 3.01. The van der Waals surface area contributed by atoms with Crippen LogP contribution in [0.25, 0.3) is 0 Å². The van der Waals surface area contributed by atoms with Crippen LogP contribution in [0.1, 0.15) is 24.6 Å². The first-order valence-corrected chi connectivity index (χ1v) is 9.52. The molecule has 1 aromatic heterocycles. The molecular weight excluding hydrogens is 364 g/mol. The van der Waals surface area contributed by atoms with E-state index in [4.69, 9.17) is 4.74 Å². The van der Waals surface area contributed by atoms with Gasteiger partial charge in [-0.3, -0.25) is 0 Å². The molecule has 2 rings (SSSR count). The van der Waals surface area contributed by atoms with Crippen LogP contribution in [-0.4, -0.2) is 34.2 Å². The van der Waals surface area contributed by atoms with Gasteiger partial charge in [0, 0.05) is 24.6 Å². The second-order valence-corrected chi connectivity index (χ2v) is 9.30. The molecule has 5 nitrogen and oxygen atoms in total. The molecule has 0 aromatic carbocycles. The molecule has 2 heterocycles. The van der Waals surface area contributed by atoms with Gasteiger partial charge in [-0.15, -0.1) is 11.3 Å². The first kappa shape index (κ1) is 16.4. The van der Waals surface area contributed by atoms with Gasteiger partial charge >= 0.3 is 0 Å². The Labute approximate surface area is 132 Å². The Bertz CT molecular complexity index is 565. The van der Waals surface area contributed by atoms with E-state index < -0.39 is 10.0 Å². The predicted octanol–water partition coefficient (Wildman–Crippen LogP) is 2.08. The second kappa shape index (κ2) is 6.41. The van der Waals surface area contributed by atoms with Gasteiger partial charge in [-0.2, -0.15) is 0 Å². The van der Waals surface area contributed by atoms with Gasteiger partial charge in [0.15, 0.2) is 0 Å². The van der Waals surface area contributed by atoms with Crippen LogP contribution in [0.2, 0.25) is 0 Å². The van der Waals surface area contributed by atoms with Crippen molar-refractivity contribution in [3.8, 4) is 0 Å². The number of halogens is 1. The van der Waals surface area contributed by atoms with E-state index in [1.54, 1.807) is 6.07 Å². The minimum absolute atomic E-state index is 0.300. The zero-order valence-corrected chi connectivity index (χ0v) is 14.8. The fraction of sp³-hybridized carbons (Fsp3) is 0.667. The third kappa shape index (κ3) is 3.80. The van der Waals surface area contributed by atoms with Gasteiger partial charge in [-0.05, 0) is 48.8 Å². The maximum Gasteiger partial charge on any atom is 0.242 e. The summed E-state index contributed by atoms with van der Waals surface area (Å²) in [6.07, 6.45) is 1.86. The SMILES string of the molecule is CNCc1cc(S(=O)(=O)NCC2(C)CCCO2)c(Br)s1. The number of thiophene rings is 1. The van der Waals surface area contributed by atoms with Crippen LogP contribution in [0.15, 0.2) is 14.7 Å². The van der Waals surface area contributed by atoms with Crippen LogP contribution >= 0.6 is 27.3 Å². The van der Waals surface area contributed by atoms with Crippen molar-refractivity contribution in [3.63, 3.8) is 0 Å². The summed E-state index contributed by atoms with van der Waals surface area (Å²) in [6, 6.07) is 1.70. The van der Waals surface area contributed by atoms with E-state index in [1.165, 1.54) is 11.3 Å². The van der Waals surface area contributed by atoms with Gasteiger partial charge in [-0.25, -0.2) is 13.1 Å². The molecule has 1 aliphatic heterocycles. The third-order valence-electron chi connectivity index (χ3n) is 3.28. The highest BCUT2D eigenvalue weighted by atomic mass is 79.9. The minimum Gasteiger partial charge on any atom is -0.374 e. The lowest BCUT2D eigenvalue weighted by Crippen LogP contribution is -2.40. The van der Waals surface area contributed by atoms with Crippen LogP contribution in [0, 0.1) is 0 Å². The summed E-state index contributed by atoms with van der Waals surface area (Å²) in [5.41, 5.74) is -0.386. The van der Waals surface area contributed by atoms with Crippen molar-refractivity contribution >= 4 is 37.3 Å². The molecule has 20 heavy (non-hydrogen) atoms. The smallest absolute Gasteiger partial charge is 0.242 e. The van der Waals surface area contributed by atoms with Crippen molar-refractivity contribution in [2.45, 2.75) is 36.8 Å². The average molecular weight is 383 g/mol. The first-order chi connectivity index (χ1) is 9.36. The predicted molar refractivity (Wildman–Crippen MR) is 83.6 cm³/mol.